The fourth-order valence-electron chi connectivity index (χ4n) is 1.95. The SMILES string of the molecule is CCNC(=NCc1cc(Cl)c(Cl)n1C)NCCCCC(=O)OC. The molecule has 6 nitrogen and oxygen atoms in total. The Morgan fingerprint density at radius 1 is 1.35 bits per heavy atom. The number of methoxy groups -OCH3 is 1. The van der Waals surface area contributed by atoms with Crippen LogP contribution in [0.4, 0.5) is 0 Å². The third-order valence-electron chi connectivity index (χ3n) is 3.29. The predicted octanol–water partition coefficient (Wildman–Crippen LogP) is 2.73. The molecule has 0 unspecified atom stereocenters. The second-order valence-electron chi connectivity index (χ2n) is 4.99. The highest BCUT2D eigenvalue weighted by Crippen LogP contribution is 2.25. The zero-order valence-electron chi connectivity index (χ0n) is 13.8. The zero-order valence-corrected chi connectivity index (χ0v) is 15.3. The molecule has 1 rings (SSSR count). The van der Waals surface area contributed by atoms with E-state index in [9.17, 15) is 4.79 Å². The Kier molecular flexibility index (Phi) is 8.87. The third kappa shape index (κ3) is 6.71. The van der Waals surface area contributed by atoms with Crippen LogP contribution in [0.5, 0.6) is 0 Å². The number of nitrogens with one attached hydrogen (secondary N) is 2. The number of ether oxygens (including phenoxy) is 1. The molecule has 0 bridgehead atoms. The summed E-state index contributed by atoms with van der Waals surface area (Å²) >= 11 is 12.0. The normalized spacial score (nSPS) is 11.4. The molecule has 0 aliphatic carbocycles. The quantitative estimate of drug-likeness (QED) is 0.323. The largest absolute Gasteiger partial charge is 0.469 e. The van der Waals surface area contributed by atoms with Crippen molar-refractivity contribution in [3.63, 3.8) is 0 Å². The van der Waals surface area contributed by atoms with Crippen molar-refractivity contribution >= 4 is 35.1 Å². The lowest BCUT2D eigenvalue weighted by atomic mass is 10.2. The van der Waals surface area contributed by atoms with Crippen LogP contribution >= 0.6 is 23.2 Å². The Balaban J connectivity index is 2.47. The van der Waals surface area contributed by atoms with Crippen LogP contribution in [0.2, 0.25) is 10.2 Å². The lowest BCUT2D eigenvalue weighted by Gasteiger charge is -2.11. The number of carbonyl (C=O) groups excluding carboxylic acids is 1. The molecule has 0 saturated carbocycles. The van der Waals surface area contributed by atoms with Crippen LogP contribution in [0, 0.1) is 0 Å². The Hall–Kier alpha value is -1.40. The van der Waals surface area contributed by atoms with Gasteiger partial charge in [-0.3, -0.25) is 4.79 Å². The second kappa shape index (κ2) is 10.4. The van der Waals surface area contributed by atoms with E-state index in [0.29, 0.717) is 23.1 Å². The van der Waals surface area contributed by atoms with Crippen LogP contribution in [0.3, 0.4) is 0 Å². The van der Waals surface area contributed by atoms with Crippen molar-refractivity contribution < 1.29 is 9.53 Å². The van der Waals surface area contributed by atoms with Crippen LogP contribution in [0.25, 0.3) is 0 Å². The topological polar surface area (TPSA) is 67.7 Å². The van der Waals surface area contributed by atoms with Crippen LogP contribution in [0.1, 0.15) is 31.9 Å². The third-order valence-corrected chi connectivity index (χ3v) is 4.13. The van der Waals surface area contributed by atoms with Crippen molar-refractivity contribution in [2.45, 2.75) is 32.7 Å². The molecule has 0 aliphatic rings. The number of esters is 1. The molecule has 0 aliphatic heterocycles. The van der Waals surface area contributed by atoms with Gasteiger partial charge in [-0.25, -0.2) is 4.99 Å². The summed E-state index contributed by atoms with van der Waals surface area (Å²) in [6.07, 6.45) is 2.08. The lowest BCUT2D eigenvalue weighted by Crippen LogP contribution is -2.37. The molecule has 8 heteroatoms. The number of halogens is 2. The molecular weight excluding hydrogens is 339 g/mol. The number of hydrogen-bond acceptors (Lipinski definition) is 3. The minimum absolute atomic E-state index is 0.178. The highest BCUT2D eigenvalue weighted by Gasteiger charge is 2.08. The summed E-state index contributed by atoms with van der Waals surface area (Å²) in [6.45, 7) is 3.98. The van der Waals surface area contributed by atoms with Crippen LogP contribution in [-0.4, -0.2) is 36.7 Å². The van der Waals surface area contributed by atoms with E-state index in [-0.39, 0.29) is 5.97 Å². The van der Waals surface area contributed by atoms with Crippen LogP contribution in [0.15, 0.2) is 11.1 Å². The summed E-state index contributed by atoms with van der Waals surface area (Å²) < 4.78 is 6.42. The molecule has 0 radical (unpaired) electrons. The molecule has 130 valence electrons. The van der Waals surface area contributed by atoms with Gasteiger partial charge in [0.25, 0.3) is 0 Å². The molecule has 1 heterocycles. The average Bonchev–Trinajstić information content (AvgIpc) is 2.78. The summed E-state index contributed by atoms with van der Waals surface area (Å²) in [5.74, 6) is 0.544. The van der Waals surface area contributed by atoms with Crippen molar-refractivity contribution in [2.24, 2.45) is 12.0 Å². The first-order chi connectivity index (χ1) is 11.0. The van der Waals surface area contributed by atoms with E-state index in [1.165, 1.54) is 7.11 Å². The monoisotopic (exact) mass is 362 g/mol. The van der Waals surface area contributed by atoms with E-state index < -0.39 is 0 Å². The highest BCUT2D eigenvalue weighted by molar-refractivity contribution is 6.41. The van der Waals surface area contributed by atoms with Gasteiger partial charge < -0.3 is 19.9 Å². The summed E-state index contributed by atoms with van der Waals surface area (Å²) in [6, 6.07) is 1.81. The van der Waals surface area contributed by atoms with Crippen molar-refractivity contribution in [3.05, 3.63) is 21.9 Å². The fraction of sp³-hybridized carbons (Fsp3) is 0.600. The molecule has 0 fully saturated rings. The van der Waals surface area contributed by atoms with Gasteiger partial charge in [0.15, 0.2) is 5.96 Å². The van der Waals surface area contributed by atoms with E-state index in [0.717, 1.165) is 37.6 Å². The maximum atomic E-state index is 11.0. The van der Waals surface area contributed by atoms with Gasteiger partial charge in [0.2, 0.25) is 0 Å². The maximum absolute atomic E-state index is 11.0. The molecule has 0 atom stereocenters. The Labute approximate surface area is 147 Å². The molecule has 0 spiro atoms. The summed E-state index contributed by atoms with van der Waals surface area (Å²) in [7, 11) is 3.25. The molecule has 0 amide bonds. The first-order valence-corrected chi connectivity index (χ1v) is 8.33. The molecule has 1 aromatic heterocycles. The highest BCUT2D eigenvalue weighted by atomic mass is 35.5. The van der Waals surface area contributed by atoms with Crippen LogP contribution in [-0.2, 0) is 23.1 Å². The Bertz CT molecular complexity index is 544. The summed E-state index contributed by atoms with van der Waals surface area (Å²) in [4.78, 5) is 15.5. The van der Waals surface area contributed by atoms with Crippen molar-refractivity contribution in [1.82, 2.24) is 15.2 Å². The van der Waals surface area contributed by atoms with Gasteiger partial charge in [-0.2, -0.15) is 0 Å². The standard InChI is InChI=1S/C15H24Cl2N4O2/c1-4-18-15(19-8-6-5-7-13(22)23-3)20-10-11-9-12(16)14(17)21(11)2/h9H,4-8,10H2,1-3H3,(H2,18,19,20). The fourth-order valence-corrected chi connectivity index (χ4v) is 2.36. The van der Waals surface area contributed by atoms with E-state index in [4.69, 9.17) is 23.2 Å². The molecule has 23 heavy (non-hydrogen) atoms. The number of aromatic nitrogens is 1. The van der Waals surface area contributed by atoms with Gasteiger partial charge in [-0.1, -0.05) is 23.2 Å². The second-order valence-corrected chi connectivity index (χ2v) is 5.75. The smallest absolute Gasteiger partial charge is 0.305 e. The predicted molar refractivity (Wildman–Crippen MR) is 94.1 cm³/mol. The van der Waals surface area contributed by atoms with Gasteiger partial charge in [0, 0.05) is 32.3 Å². The Morgan fingerprint density at radius 2 is 2.09 bits per heavy atom. The minimum Gasteiger partial charge on any atom is -0.469 e. The first kappa shape index (κ1) is 19.6. The molecular formula is C15H24Cl2N4O2. The molecule has 1 aromatic rings. The van der Waals surface area contributed by atoms with Crippen LogP contribution < -0.4 is 10.6 Å². The molecule has 0 saturated heterocycles. The van der Waals surface area contributed by atoms with E-state index in [1.807, 2.05) is 24.6 Å². The van der Waals surface area contributed by atoms with Crippen molar-refractivity contribution in [3.8, 4) is 0 Å². The number of carbonyl (C=O) groups is 1. The van der Waals surface area contributed by atoms with Gasteiger partial charge in [0.1, 0.15) is 5.15 Å². The van der Waals surface area contributed by atoms with E-state index >= 15 is 0 Å². The average molecular weight is 363 g/mol. The van der Waals surface area contributed by atoms with Gasteiger partial charge >= 0.3 is 5.97 Å². The van der Waals surface area contributed by atoms with Gasteiger partial charge in [0.05, 0.1) is 18.7 Å². The molecule has 2 N–H and O–H groups in total. The number of hydrogen-bond donors (Lipinski definition) is 2. The number of guanidine groups is 1. The number of nitrogens with zero attached hydrogens (tertiary/aromatic N) is 2. The maximum Gasteiger partial charge on any atom is 0.305 e. The summed E-state index contributed by atoms with van der Waals surface area (Å²) in [5.41, 5.74) is 0.933. The Morgan fingerprint density at radius 3 is 2.65 bits per heavy atom. The zero-order chi connectivity index (χ0) is 17.2. The van der Waals surface area contributed by atoms with E-state index in [1.54, 1.807) is 0 Å². The number of unbranched alkanes of at least 4 members (excludes halogenated alkanes) is 1. The number of rotatable bonds is 8. The van der Waals surface area contributed by atoms with Crippen molar-refractivity contribution in [1.29, 1.82) is 0 Å². The van der Waals surface area contributed by atoms with E-state index in [2.05, 4.69) is 20.4 Å². The lowest BCUT2D eigenvalue weighted by molar-refractivity contribution is -0.140. The van der Waals surface area contributed by atoms with Crippen molar-refractivity contribution in [2.75, 3.05) is 20.2 Å². The first-order valence-electron chi connectivity index (χ1n) is 7.58. The molecule has 0 aromatic carbocycles. The minimum atomic E-state index is -0.178. The summed E-state index contributed by atoms with van der Waals surface area (Å²) in [5, 5.41) is 7.45. The number of aliphatic imine (C=N–C) groups is 1. The van der Waals surface area contributed by atoms with Gasteiger partial charge in [-0.05, 0) is 25.8 Å². The van der Waals surface area contributed by atoms with Gasteiger partial charge in [-0.15, -0.1) is 0 Å².